The fourth-order valence-electron chi connectivity index (χ4n) is 1.55. The number of rotatable bonds is 0. The smallest absolute Gasteiger partial charge is 0.127 e. The molecule has 0 amide bonds. The minimum absolute atomic E-state index is 1.14. The lowest BCUT2D eigenvalue weighted by atomic mass is 10.2. The van der Waals surface area contributed by atoms with Crippen molar-refractivity contribution >= 4 is 8.07 Å². The minimum atomic E-state index is -1.27. The van der Waals surface area contributed by atoms with Gasteiger partial charge >= 0.3 is 0 Å². The van der Waals surface area contributed by atoms with Crippen molar-refractivity contribution in [1.29, 1.82) is 0 Å². The molecule has 0 aromatic heterocycles. The maximum absolute atomic E-state index is 3.40. The van der Waals surface area contributed by atoms with E-state index in [1.807, 2.05) is 6.07 Å². The molecule has 0 aliphatic heterocycles. The fourth-order valence-corrected chi connectivity index (χ4v) is 2.07. The lowest BCUT2D eigenvalue weighted by Gasteiger charge is -2.02. The lowest BCUT2D eigenvalue weighted by molar-refractivity contribution is 1.79. The molecule has 0 atom stereocenters. The maximum atomic E-state index is 3.40. The molecule has 0 fully saturated rings. The molecule has 0 aromatic carbocycles. The zero-order valence-corrected chi connectivity index (χ0v) is 11.0. The number of fused-ring (bicyclic) bond motifs is 1. The van der Waals surface area contributed by atoms with Gasteiger partial charge in [-0.3, -0.25) is 0 Å². The van der Waals surface area contributed by atoms with Crippen molar-refractivity contribution in [3.05, 3.63) is 48.0 Å². The van der Waals surface area contributed by atoms with E-state index in [0.29, 0.717) is 0 Å². The Labute approximate surface area is 98.7 Å². The van der Waals surface area contributed by atoms with Gasteiger partial charge in [0, 0.05) is 5.56 Å². The molecule has 0 N–H and O–H groups in total. The summed E-state index contributed by atoms with van der Waals surface area (Å²) in [5, 5.41) is 0. The quantitative estimate of drug-likeness (QED) is 0.468. The van der Waals surface area contributed by atoms with Crippen molar-refractivity contribution in [2.45, 2.75) is 19.6 Å². The van der Waals surface area contributed by atoms with Crippen LogP contribution in [0.15, 0.2) is 42.5 Å². The van der Waals surface area contributed by atoms with Crippen molar-refractivity contribution in [2.75, 3.05) is 0 Å². The number of hydrogen-bond acceptors (Lipinski definition) is 0. The zero-order valence-electron chi connectivity index (χ0n) is 10.0. The molecule has 0 heterocycles. The van der Waals surface area contributed by atoms with Crippen LogP contribution in [0.25, 0.3) is 11.1 Å². The second-order valence-corrected chi connectivity index (χ2v) is 9.82. The molecular formula is C15H16Si. The molecule has 2 aliphatic carbocycles. The summed E-state index contributed by atoms with van der Waals surface area (Å²) in [5.41, 5.74) is 7.07. The van der Waals surface area contributed by atoms with Crippen molar-refractivity contribution in [2.24, 2.45) is 0 Å². The highest BCUT2D eigenvalue weighted by molar-refractivity contribution is 6.83. The Morgan fingerprint density at radius 2 is 1.44 bits per heavy atom. The van der Waals surface area contributed by atoms with Gasteiger partial charge in [0.05, 0.1) is 0 Å². The highest BCUT2D eigenvalue weighted by Crippen LogP contribution is 2.24. The predicted octanol–water partition coefficient (Wildman–Crippen LogP) is 4.02. The van der Waals surface area contributed by atoms with E-state index in [4.69, 9.17) is 0 Å². The van der Waals surface area contributed by atoms with Crippen LogP contribution in [0.5, 0.6) is 0 Å². The summed E-state index contributed by atoms with van der Waals surface area (Å²) in [7, 11) is -1.27. The second-order valence-electron chi connectivity index (χ2n) is 5.07. The van der Waals surface area contributed by atoms with Crippen molar-refractivity contribution in [3.8, 4) is 22.6 Å². The molecule has 2 rings (SSSR count). The first-order valence-electron chi connectivity index (χ1n) is 5.57. The van der Waals surface area contributed by atoms with Crippen LogP contribution < -0.4 is 0 Å². The van der Waals surface area contributed by atoms with Crippen molar-refractivity contribution in [1.82, 2.24) is 0 Å². The Morgan fingerprint density at radius 1 is 0.875 bits per heavy atom. The van der Waals surface area contributed by atoms with Crippen molar-refractivity contribution in [3.63, 3.8) is 0 Å². The third-order valence-corrected chi connectivity index (χ3v) is 3.19. The monoisotopic (exact) mass is 224 g/mol. The highest BCUT2D eigenvalue weighted by Gasteiger charge is 2.08. The van der Waals surface area contributed by atoms with Crippen LogP contribution >= 0.6 is 0 Å². The molecular weight excluding hydrogens is 208 g/mol. The zero-order chi connectivity index (χ0) is 11.6. The molecule has 80 valence electrons. The third-order valence-electron chi connectivity index (χ3n) is 2.31. The first kappa shape index (κ1) is 11.0. The molecule has 0 bridgehead atoms. The molecule has 0 spiro atoms. The van der Waals surface area contributed by atoms with Gasteiger partial charge in [-0.2, -0.15) is 0 Å². The number of hydrogen-bond donors (Lipinski definition) is 0. The molecule has 0 unspecified atom stereocenters. The average Bonchev–Trinajstić information content (AvgIpc) is 2.45. The van der Waals surface area contributed by atoms with E-state index < -0.39 is 8.07 Å². The fraction of sp³-hybridized carbons (Fsp3) is 0.200. The van der Waals surface area contributed by atoms with Gasteiger partial charge in [-0.05, 0) is 23.3 Å². The average molecular weight is 224 g/mol. The van der Waals surface area contributed by atoms with E-state index in [-0.39, 0.29) is 0 Å². The van der Waals surface area contributed by atoms with E-state index in [2.05, 4.69) is 67.5 Å². The van der Waals surface area contributed by atoms with E-state index in [1.54, 1.807) is 0 Å². The molecule has 2 aliphatic rings. The Morgan fingerprint density at radius 3 is 1.94 bits per heavy atom. The lowest BCUT2D eigenvalue weighted by Crippen LogP contribution is -2.16. The molecule has 0 radical (unpaired) electrons. The summed E-state index contributed by atoms with van der Waals surface area (Å²) in [6.45, 7) is 6.80. The summed E-state index contributed by atoms with van der Waals surface area (Å²) in [6.07, 6.45) is 0. The molecule has 1 heteroatoms. The summed E-state index contributed by atoms with van der Waals surface area (Å²) in [5.74, 6) is 3.30. The summed E-state index contributed by atoms with van der Waals surface area (Å²) in [4.78, 5) is 0. The van der Waals surface area contributed by atoms with Gasteiger partial charge in [-0.25, -0.2) is 0 Å². The Kier molecular flexibility index (Phi) is 2.85. The van der Waals surface area contributed by atoms with Gasteiger partial charge in [0.2, 0.25) is 0 Å². The Hall–Kier alpha value is -1.52. The summed E-state index contributed by atoms with van der Waals surface area (Å²) >= 11 is 0. The topological polar surface area (TPSA) is 0 Å². The van der Waals surface area contributed by atoms with E-state index in [1.165, 1.54) is 11.1 Å². The predicted molar refractivity (Wildman–Crippen MR) is 73.3 cm³/mol. The molecule has 0 saturated carbocycles. The van der Waals surface area contributed by atoms with Crippen LogP contribution in [0.1, 0.15) is 5.56 Å². The molecule has 16 heavy (non-hydrogen) atoms. The molecule has 0 saturated heterocycles. The van der Waals surface area contributed by atoms with Crippen molar-refractivity contribution < 1.29 is 0 Å². The summed E-state index contributed by atoms with van der Waals surface area (Å²) in [6, 6.07) is 14.8. The van der Waals surface area contributed by atoms with Crippen LogP contribution in [0.3, 0.4) is 0 Å². The SMILES string of the molecule is C[Si](C)(C)C#Cc1cc2cccccc-2c1. The Bertz CT molecular complexity index is 493. The van der Waals surface area contributed by atoms with Gasteiger partial charge in [0.1, 0.15) is 8.07 Å². The van der Waals surface area contributed by atoms with Gasteiger partial charge in [-0.15, -0.1) is 5.54 Å². The second kappa shape index (κ2) is 4.15. The van der Waals surface area contributed by atoms with Gasteiger partial charge in [-0.1, -0.05) is 55.9 Å². The largest absolute Gasteiger partial charge is 0.129 e. The third kappa shape index (κ3) is 2.74. The van der Waals surface area contributed by atoms with Crippen LogP contribution in [0.2, 0.25) is 19.6 Å². The standard InChI is InChI=1S/C15H16Si/c1-16(2,3)10-9-13-11-14-7-5-4-6-8-15(14)12-13/h4-8,11-12H,1-3H3. The van der Waals surface area contributed by atoms with Crippen LogP contribution in [0, 0.1) is 11.5 Å². The first-order chi connectivity index (χ1) is 7.54. The van der Waals surface area contributed by atoms with E-state index in [9.17, 15) is 0 Å². The van der Waals surface area contributed by atoms with Crippen LogP contribution in [0.4, 0.5) is 0 Å². The van der Waals surface area contributed by atoms with E-state index in [0.717, 1.165) is 5.56 Å². The normalized spacial score (nSPS) is 10.9. The molecule has 0 nitrogen and oxygen atoms in total. The van der Waals surface area contributed by atoms with Gasteiger partial charge in [0.15, 0.2) is 0 Å². The molecule has 0 aromatic rings. The summed E-state index contributed by atoms with van der Waals surface area (Å²) < 4.78 is 0. The maximum Gasteiger partial charge on any atom is 0.129 e. The van der Waals surface area contributed by atoms with E-state index >= 15 is 0 Å². The Balaban J connectivity index is 2.41. The van der Waals surface area contributed by atoms with Gasteiger partial charge < -0.3 is 0 Å². The van der Waals surface area contributed by atoms with Gasteiger partial charge in [0.25, 0.3) is 0 Å². The minimum Gasteiger partial charge on any atom is -0.127 e. The van der Waals surface area contributed by atoms with Crippen LogP contribution in [-0.2, 0) is 0 Å². The van der Waals surface area contributed by atoms with Crippen LogP contribution in [-0.4, -0.2) is 8.07 Å². The first-order valence-corrected chi connectivity index (χ1v) is 9.07. The highest BCUT2D eigenvalue weighted by atomic mass is 28.3.